The second-order valence-corrected chi connectivity index (χ2v) is 5.89. The molecule has 0 amide bonds. The number of rotatable bonds is 4. The van der Waals surface area contributed by atoms with Crippen molar-refractivity contribution in [3.63, 3.8) is 0 Å². The Morgan fingerprint density at radius 3 is 2.82 bits per heavy atom. The van der Waals surface area contributed by atoms with Gasteiger partial charge in [-0.15, -0.1) is 0 Å². The molecule has 0 saturated heterocycles. The largest absolute Gasteiger partial charge is 0.383 e. The SMILES string of the molecule is CCSC1CCCC1N=C(N)c1ccccc1. The van der Waals surface area contributed by atoms with Crippen LogP contribution >= 0.6 is 11.8 Å². The molecular formula is C14H20N2S. The topological polar surface area (TPSA) is 38.4 Å². The van der Waals surface area contributed by atoms with E-state index in [9.17, 15) is 0 Å². The smallest absolute Gasteiger partial charge is 0.125 e. The number of nitrogens with two attached hydrogens (primary N) is 1. The number of hydrogen-bond donors (Lipinski definition) is 1. The lowest BCUT2D eigenvalue weighted by molar-refractivity contribution is 0.718. The van der Waals surface area contributed by atoms with Crippen molar-refractivity contribution in [2.24, 2.45) is 10.7 Å². The Labute approximate surface area is 108 Å². The van der Waals surface area contributed by atoms with Crippen molar-refractivity contribution in [1.82, 2.24) is 0 Å². The van der Waals surface area contributed by atoms with E-state index in [0.717, 1.165) is 5.56 Å². The Morgan fingerprint density at radius 2 is 2.12 bits per heavy atom. The second kappa shape index (κ2) is 6.10. The van der Waals surface area contributed by atoms with Gasteiger partial charge >= 0.3 is 0 Å². The van der Waals surface area contributed by atoms with Gasteiger partial charge in [0.2, 0.25) is 0 Å². The van der Waals surface area contributed by atoms with Crippen molar-refractivity contribution in [2.75, 3.05) is 5.75 Å². The maximum atomic E-state index is 6.07. The first-order valence-corrected chi connectivity index (χ1v) is 7.36. The van der Waals surface area contributed by atoms with Gasteiger partial charge in [0.1, 0.15) is 5.84 Å². The molecule has 0 bridgehead atoms. The van der Waals surface area contributed by atoms with Crippen LogP contribution in [0.15, 0.2) is 35.3 Å². The summed E-state index contributed by atoms with van der Waals surface area (Å²) < 4.78 is 0. The molecule has 0 heterocycles. The Morgan fingerprint density at radius 1 is 1.35 bits per heavy atom. The standard InChI is InChI=1S/C14H20N2S/c1-2-17-13-10-6-9-12(13)16-14(15)11-7-4-3-5-8-11/h3-5,7-8,12-13H,2,6,9-10H2,1H3,(H2,15,16). The minimum atomic E-state index is 0.417. The van der Waals surface area contributed by atoms with Crippen molar-refractivity contribution in [1.29, 1.82) is 0 Å². The van der Waals surface area contributed by atoms with E-state index in [2.05, 4.69) is 6.92 Å². The van der Waals surface area contributed by atoms with Gasteiger partial charge in [-0.1, -0.05) is 43.7 Å². The predicted octanol–water partition coefficient (Wildman–Crippen LogP) is 3.07. The number of hydrogen-bond acceptors (Lipinski definition) is 2. The number of nitrogens with zero attached hydrogens (tertiary/aromatic N) is 1. The molecule has 1 aliphatic carbocycles. The molecule has 1 aliphatic rings. The van der Waals surface area contributed by atoms with Crippen LogP contribution in [0.1, 0.15) is 31.7 Å². The molecule has 2 nitrogen and oxygen atoms in total. The summed E-state index contributed by atoms with van der Waals surface area (Å²) in [6, 6.07) is 10.5. The maximum absolute atomic E-state index is 6.07. The van der Waals surface area contributed by atoms with E-state index in [1.165, 1.54) is 25.0 Å². The summed E-state index contributed by atoms with van der Waals surface area (Å²) >= 11 is 2.02. The van der Waals surface area contributed by atoms with Crippen LogP contribution in [-0.2, 0) is 0 Å². The molecule has 0 aliphatic heterocycles. The fraction of sp³-hybridized carbons (Fsp3) is 0.500. The van der Waals surface area contributed by atoms with Crippen LogP contribution in [0.25, 0.3) is 0 Å². The molecule has 0 spiro atoms. The first-order valence-electron chi connectivity index (χ1n) is 6.31. The zero-order valence-electron chi connectivity index (χ0n) is 10.3. The zero-order valence-corrected chi connectivity index (χ0v) is 11.1. The molecule has 1 saturated carbocycles. The van der Waals surface area contributed by atoms with Gasteiger partial charge in [-0.2, -0.15) is 11.8 Å². The van der Waals surface area contributed by atoms with Crippen LogP contribution in [0, 0.1) is 0 Å². The van der Waals surface area contributed by atoms with Crippen LogP contribution in [0.3, 0.4) is 0 Å². The number of aliphatic imine (C=N–C) groups is 1. The fourth-order valence-corrected chi connectivity index (χ4v) is 3.51. The van der Waals surface area contributed by atoms with Gasteiger partial charge in [-0.05, 0) is 18.6 Å². The summed E-state index contributed by atoms with van der Waals surface area (Å²) in [5, 5.41) is 0.669. The number of benzene rings is 1. The van der Waals surface area contributed by atoms with Gasteiger partial charge in [0.25, 0.3) is 0 Å². The summed E-state index contributed by atoms with van der Waals surface area (Å²) in [5.41, 5.74) is 7.12. The molecule has 1 aromatic carbocycles. The molecule has 3 heteroatoms. The van der Waals surface area contributed by atoms with Crippen molar-refractivity contribution < 1.29 is 0 Å². The van der Waals surface area contributed by atoms with Gasteiger partial charge in [0.15, 0.2) is 0 Å². The highest BCUT2D eigenvalue weighted by Crippen LogP contribution is 2.32. The van der Waals surface area contributed by atoms with Gasteiger partial charge < -0.3 is 5.73 Å². The Balaban J connectivity index is 2.08. The quantitative estimate of drug-likeness (QED) is 0.657. The van der Waals surface area contributed by atoms with Crippen molar-refractivity contribution in [3.8, 4) is 0 Å². The van der Waals surface area contributed by atoms with Gasteiger partial charge in [-0.25, -0.2) is 0 Å². The monoisotopic (exact) mass is 248 g/mol. The molecule has 2 rings (SSSR count). The normalized spacial score (nSPS) is 25.1. The number of thioether (sulfide) groups is 1. The van der Waals surface area contributed by atoms with E-state index >= 15 is 0 Å². The summed E-state index contributed by atoms with van der Waals surface area (Å²) in [7, 11) is 0. The summed E-state index contributed by atoms with van der Waals surface area (Å²) in [6.45, 7) is 2.21. The second-order valence-electron chi connectivity index (χ2n) is 4.37. The molecule has 92 valence electrons. The Bertz CT molecular complexity index is 375. The van der Waals surface area contributed by atoms with Crippen molar-refractivity contribution in [3.05, 3.63) is 35.9 Å². The molecule has 2 N–H and O–H groups in total. The molecular weight excluding hydrogens is 228 g/mol. The van der Waals surface area contributed by atoms with E-state index in [1.54, 1.807) is 0 Å². The van der Waals surface area contributed by atoms with Gasteiger partial charge in [0.05, 0.1) is 6.04 Å². The van der Waals surface area contributed by atoms with Crippen molar-refractivity contribution >= 4 is 17.6 Å². The molecule has 0 radical (unpaired) electrons. The third kappa shape index (κ3) is 3.25. The van der Waals surface area contributed by atoms with E-state index in [-0.39, 0.29) is 0 Å². The van der Waals surface area contributed by atoms with E-state index < -0.39 is 0 Å². The average molecular weight is 248 g/mol. The van der Waals surface area contributed by atoms with Gasteiger partial charge in [-0.3, -0.25) is 4.99 Å². The molecule has 2 atom stereocenters. The molecule has 17 heavy (non-hydrogen) atoms. The molecule has 0 aromatic heterocycles. The van der Waals surface area contributed by atoms with E-state index in [1.807, 2.05) is 42.1 Å². The summed E-state index contributed by atoms with van der Waals surface area (Å²) in [5.74, 6) is 1.86. The minimum absolute atomic E-state index is 0.417. The highest BCUT2D eigenvalue weighted by Gasteiger charge is 2.26. The Kier molecular flexibility index (Phi) is 4.49. The highest BCUT2D eigenvalue weighted by molar-refractivity contribution is 7.99. The summed E-state index contributed by atoms with van der Waals surface area (Å²) in [6.07, 6.45) is 3.76. The maximum Gasteiger partial charge on any atom is 0.125 e. The third-order valence-electron chi connectivity index (χ3n) is 3.17. The molecule has 1 fully saturated rings. The highest BCUT2D eigenvalue weighted by atomic mass is 32.2. The lowest BCUT2D eigenvalue weighted by atomic mass is 10.2. The van der Waals surface area contributed by atoms with E-state index in [4.69, 9.17) is 10.7 Å². The fourth-order valence-electron chi connectivity index (χ4n) is 2.32. The molecule has 2 unspecified atom stereocenters. The first-order chi connectivity index (χ1) is 8.31. The van der Waals surface area contributed by atoms with Crippen LogP contribution in [0.4, 0.5) is 0 Å². The van der Waals surface area contributed by atoms with Crippen LogP contribution in [-0.4, -0.2) is 22.9 Å². The van der Waals surface area contributed by atoms with Gasteiger partial charge in [0, 0.05) is 10.8 Å². The summed E-state index contributed by atoms with van der Waals surface area (Å²) in [4.78, 5) is 4.72. The Hall–Kier alpha value is -0.960. The predicted molar refractivity (Wildman–Crippen MR) is 76.7 cm³/mol. The zero-order chi connectivity index (χ0) is 12.1. The third-order valence-corrected chi connectivity index (χ3v) is 4.48. The number of amidine groups is 1. The molecule has 1 aromatic rings. The van der Waals surface area contributed by atoms with Crippen LogP contribution < -0.4 is 5.73 Å². The first kappa shape index (κ1) is 12.5. The van der Waals surface area contributed by atoms with Crippen LogP contribution in [0.5, 0.6) is 0 Å². The average Bonchev–Trinajstić information content (AvgIpc) is 2.78. The van der Waals surface area contributed by atoms with E-state index in [0.29, 0.717) is 17.1 Å². The van der Waals surface area contributed by atoms with Crippen LogP contribution in [0.2, 0.25) is 0 Å². The minimum Gasteiger partial charge on any atom is -0.383 e. The lowest BCUT2D eigenvalue weighted by Crippen LogP contribution is -2.21. The lowest BCUT2D eigenvalue weighted by Gasteiger charge is -2.15. The van der Waals surface area contributed by atoms with Crippen molar-refractivity contribution in [2.45, 2.75) is 37.5 Å².